The van der Waals surface area contributed by atoms with E-state index in [0.717, 1.165) is 11.1 Å². The molecular formula is C17H17Cl2NO3S. The Morgan fingerprint density at radius 1 is 1.04 bits per heavy atom. The zero-order valence-electron chi connectivity index (χ0n) is 13.3. The Morgan fingerprint density at radius 3 is 2.25 bits per heavy atom. The normalized spacial score (nSPS) is 11.3. The van der Waals surface area contributed by atoms with Crippen LogP contribution in [0.1, 0.15) is 16.7 Å². The van der Waals surface area contributed by atoms with Gasteiger partial charge >= 0.3 is 0 Å². The molecule has 1 N–H and O–H groups in total. The average molecular weight is 386 g/mol. The summed E-state index contributed by atoms with van der Waals surface area (Å²) < 4.78 is 24.5. The van der Waals surface area contributed by atoms with Gasteiger partial charge in [0.2, 0.25) is 5.91 Å². The quantitative estimate of drug-likeness (QED) is 0.839. The van der Waals surface area contributed by atoms with E-state index in [4.69, 9.17) is 23.2 Å². The van der Waals surface area contributed by atoms with Crippen LogP contribution in [0.25, 0.3) is 0 Å². The minimum atomic E-state index is -3.70. The van der Waals surface area contributed by atoms with Crippen molar-refractivity contribution in [2.24, 2.45) is 0 Å². The molecule has 4 nitrogen and oxygen atoms in total. The molecule has 0 atom stereocenters. The molecule has 0 unspecified atom stereocenters. The fourth-order valence-corrected chi connectivity index (χ4v) is 4.17. The van der Waals surface area contributed by atoms with E-state index in [9.17, 15) is 13.2 Å². The zero-order valence-corrected chi connectivity index (χ0v) is 15.6. The third-order valence-electron chi connectivity index (χ3n) is 3.57. The van der Waals surface area contributed by atoms with E-state index in [0.29, 0.717) is 11.3 Å². The molecule has 0 aliphatic carbocycles. The molecule has 1 amide bonds. The Kier molecular flexibility index (Phi) is 5.91. The van der Waals surface area contributed by atoms with Gasteiger partial charge in [0, 0.05) is 21.3 Å². The zero-order chi connectivity index (χ0) is 17.9. The lowest BCUT2D eigenvalue weighted by molar-refractivity contribution is -0.113. The number of nitrogens with one attached hydrogen (secondary N) is 1. The second-order valence-corrected chi connectivity index (χ2v) is 8.46. The van der Waals surface area contributed by atoms with Crippen LogP contribution in [0.4, 0.5) is 5.69 Å². The summed E-state index contributed by atoms with van der Waals surface area (Å²) in [5.41, 5.74) is 2.97. The highest BCUT2D eigenvalue weighted by molar-refractivity contribution is 7.91. The molecule has 0 fully saturated rings. The fraction of sp³-hybridized carbons (Fsp3) is 0.235. The van der Waals surface area contributed by atoms with Crippen molar-refractivity contribution in [1.29, 1.82) is 0 Å². The number of benzene rings is 2. The highest BCUT2D eigenvalue weighted by Crippen LogP contribution is 2.26. The predicted octanol–water partition coefficient (Wildman–Crippen LogP) is 4.16. The summed E-state index contributed by atoms with van der Waals surface area (Å²) in [7, 11) is -3.70. The van der Waals surface area contributed by atoms with Gasteiger partial charge in [0.05, 0.1) is 5.75 Å². The molecule has 0 aromatic heterocycles. The maximum absolute atomic E-state index is 12.2. The van der Waals surface area contributed by atoms with E-state index in [1.807, 2.05) is 19.9 Å². The lowest BCUT2D eigenvalue weighted by atomic mass is 10.1. The van der Waals surface area contributed by atoms with E-state index >= 15 is 0 Å². The Morgan fingerprint density at radius 2 is 1.67 bits per heavy atom. The third kappa shape index (κ3) is 4.97. The summed E-state index contributed by atoms with van der Waals surface area (Å²) >= 11 is 12.0. The van der Waals surface area contributed by atoms with Crippen LogP contribution in [0.3, 0.4) is 0 Å². The fourth-order valence-electron chi connectivity index (χ4n) is 2.16. The Balaban J connectivity index is 2.08. The van der Waals surface area contributed by atoms with E-state index in [1.54, 1.807) is 30.3 Å². The van der Waals surface area contributed by atoms with Gasteiger partial charge in [0.15, 0.2) is 9.84 Å². The molecule has 2 rings (SSSR count). The van der Waals surface area contributed by atoms with Gasteiger partial charge in [0.25, 0.3) is 0 Å². The first-order valence-corrected chi connectivity index (χ1v) is 9.76. The molecule has 0 bridgehead atoms. The first-order chi connectivity index (χ1) is 11.2. The molecule has 24 heavy (non-hydrogen) atoms. The summed E-state index contributed by atoms with van der Waals surface area (Å²) in [6.45, 7) is 3.87. The highest BCUT2D eigenvalue weighted by Gasteiger charge is 2.20. The van der Waals surface area contributed by atoms with Crippen molar-refractivity contribution in [3.05, 3.63) is 63.1 Å². The number of aryl methyl sites for hydroxylation is 2. The van der Waals surface area contributed by atoms with Crippen molar-refractivity contribution < 1.29 is 13.2 Å². The maximum Gasteiger partial charge on any atom is 0.239 e. The number of carbonyl (C=O) groups is 1. The molecule has 0 spiro atoms. The third-order valence-corrected chi connectivity index (χ3v) is 5.71. The molecule has 0 radical (unpaired) electrons. The number of amides is 1. The van der Waals surface area contributed by atoms with Crippen molar-refractivity contribution in [2.75, 3.05) is 11.1 Å². The minimum Gasteiger partial charge on any atom is -0.325 e. The van der Waals surface area contributed by atoms with Crippen LogP contribution < -0.4 is 5.32 Å². The number of halogens is 2. The van der Waals surface area contributed by atoms with Crippen LogP contribution in [-0.4, -0.2) is 20.1 Å². The average Bonchev–Trinajstić information content (AvgIpc) is 2.46. The predicted molar refractivity (Wildman–Crippen MR) is 98.5 cm³/mol. The van der Waals surface area contributed by atoms with Gasteiger partial charge in [-0.3, -0.25) is 4.79 Å². The second-order valence-electron chi connectivity index (χ2n) is 5.58. The Bertz CT molecular complexity index is 859. The molecule has 0 heterocycles. The summed E-state index contributed by atoms with van der Waals surface area (Å²) in [5.74, 6) is -1.62. The van der Waals surface area contributed by atoms with Crippen LogP contribution in [0.15, 0.2) is 36.4 Å². The molecule has 2 aromatic rings. The van der Waals surface area contributed by atoms with Crippen LogP contribution in [0, 0.1) is 13.8 Å². The van der Waals surface area contributed by atoms with Gasteiger partial charge in [0.1, 0.15) is 5.75 Å². The van der Waals surface area contributed by atoms with E-state index < -0.39 is 21.5 Å². The number of carbonyl (C=O) groups excluding carboxylic acids is 1. The van der Waals surface area contributed by atoms with E-state index in [1.165, 1.54) is 0 Å². The molecule has 7 heteroatoms. The van der Waals surface area contributed by atoms with Crippen molar-refractivity contribution in [3.8, 4) is 0 Å². The van der Waals surface area contributed by atoms with Crippen LogP contribution in [0.2, 0.25) is 10.0 Å². The first kappa shape index (κ1) is 18.8. The van der Waals surface area contributed by atoms with Gasteiger partial charge in [-0.05, 0) is 49.2 Å². The van der Waals surface area contributed by atoms with Crippen LogP contribution in [0.5, 0.6) is 0 Å². The number of hydrogen-bond acceptors (Lipinski definition) is 3. The van der Waals surface area contributed by atoms with Gasteiger partial charge in [-0.2, -0.15) is 0 Å². The summed E-state index contributed by atoms with van der Waals surface area (Å²) in [4.78, 5) is 12.0. The number of rotatable bonds is 5. The lowest BCUT2D eigenvalue weighted by Gasteiger charge is -2.10. The standard InChI is InChI=1S/C17H17Cl2NO3S/c1-11-6-7-13(8-12(11)2)20-17(21)10-24(22,23)9-14-15(18)4-3-5-16(14)19/h3-8H,9-10H2,1-2H3,(H,20,21). The monoisotopic (exact) mass is 385 g/mol. The summed E-state index contributed by atoms with van der Waals surface area (Å²) in [6, 6.07) is 10.2. The van der Waals surface area contributed by atoms with Crippen molar-refractivity contribution in [1.82, 2.24) is 0 Å². The second kappa shape index (κ2) is 7.55. The highest BCUT2D eigenvalue weighted by atomic mass is 35.5. The SMILES string of the molecule is Cc1ccc(NC(=O)CS(=O)(=O)Cc2c(Cl)cccc2Cl)cc1C. The molecule has 0 aliphatic rings. The maximum atomic E-state index is 12.2. The van der Waals surface area contributed by atoms with Gasteiger partial charge in [-0.25, -0.2) is 8.42 Å². The topological polar surface area (TPSA) is 63.2 Å². The van der Waals surface area contributed by atoms with Crippen molar-refractivity contribution in [2.45, 2.75) is 19.6 Å². The van der Waals surface area contributed by atoms with Crippen LogP contribution in [-0.2, 0) is 20.4 Å². The van der Waals surface area contributed by atoms with Gasteiger partial charge < -0.3 is 5.32 Å². The van der Waals surface area contributed by atoms with Gasteiger partial charge in [-0.15, -0.1) is 0 Å². The van der Waals surface area contributed by atoms with E-state index in [-0.39, 0.29) is 15.8 Å². The number of anilines is 1. The minimum absolute atomic E-state index is 0.264. The van der Waals surface area contributed by atoms with Crippen molar-refractivity contribution in [3.63, 3.8) is 0 Å². The smallest absolute Gasteiger partial charge is 0.239 e. The molecule has 0 saturated carbocycles. The Labute approximate surface area is 151 Å². The molecule has 0 saturated heterocycles. The largest absolute Gasteiger partial charge is 0.325 e. The number of sulfone groups is 1. The Hall–Kier alpha value is -1.56. The molecule has 0 aliphatic heterocycles. The molecule has 2 aromatic carbocycles. The molecule has 128 valence electrons. The van der Waals surface area contributed by atoms with Gasteiger partial charge in [-0.1, -0.05) is 35.3 Å². The number of hydrogen-bond donors (Lipinski definition) is 1. The molecular weight excluding hydrogens is 369 g/mol. The summed E-state index contributed by atoms with van der Waals surface area (Å²) in [6.07, 6.45) is 0. The first-order valence-electron chi connectivity index (χ1n) is 7.18. The van der Waals surface area contributed by atoms with E-state index in [2.05, 4.69) is 5.32 Å². The summed E-state index contributed by atoms with van der Waals surface area (Å²) in [5, 5.41) is 3.13. The van der Waals surface area contributed by atoms with Crippen molar-refractivity contribution >= 4 is 44.6 Å². The van der Waals surface area contributed by atoms with Crippen LogP contribution >= 0.6 is 23.2 Å². The lowest BCUT2D eigenvalue weighted by Crippen LogP contribution is -2.24.